The van der Waals surface area contributed by atoms with Gasteiger partial charge in [-0.1, -0.05) is 20.8 Å². The summed E-state index contributed by atoms with van der Waals surface area (Å²) < 4.78 is 5.76. The topological polar surface area (TPSA) is 41.5 Å². The zero-order valence-corrected chi connectivity index (χ0v) is 11.6. The fourth-order valence-electron chi connectivity index (χ4n) is 2.24. The number of hydrogen-bond acceptors (Lipinski definition) is 3. The molecule has 0 spiro atoms. The van der Waals surface area contributed by atoms with E-state index >= 15 is 0 Å². The van der Waals surface area contributed by atoms with Crippen molar-refractivity contribution in [3.8, 4) is 0 Å². The quantitative estimate of drug-likeness (QED) is 0.720. The zero-order valence-electron chi connectivity index (χ0n) is 11.6. The average Bonchev–Trinajstić information content (AvgIpc) is 2.28. The standard InChI is InChI=1S/C14H29NO2/c1-11(2)8-15-9-13(16)10-17-14-6-4-12(3)5-7-14/h11-16H,4-10H2,1-3H3/t12?,13-,14?/m1/s1. The summed E-state index contributed by atoms with van der Waals surface area (Å²) in [7, 11) is 0. The monoisotopic (exact) mass is 243 g/mol. The molecule has 3 heteroatoms. The minimum absolute atomic E-state index is 0.367. The third kappa shape index (κ3) is 7.02. The predicted molar refractivity (Wildman–Crippen MR) is 71.1 cm³/mol. The first-order valence-electron chi connectivity index (χ1n) is 7.08. The molecule has 1 atom stereocenters. The van der Waals surface area contributed by atoms with Gasteiger partial charge in [-0.2, -0.15) is 0 Å². The Morgan fingerprint density at radius 2 is 1.82 bits per heavy atom. The Kier molecular flexibility index (Phi) is 7.09. The van der Waals surface area contributed by atoms with Crippen LogP contribution >= 0.6 is 0 Å². The summed E-state index contributed by atoms with van der Waals surface area (Å²) in [5.74, 6) is 1.48. The number of rotatable bonds is 7. The fourth-order valence-corrected chi connectivity index (χ4v) is 2.24. The molecule has 17 heavy (non-hydrogen) atoms. The third-order valence-electron chi connectivity index (χ3n) is 3.42. The van der Waals surface area contributed by atoms with Crippen molar-refractivity contribution in [3.63, 3.8) is 0 Å². The summed E-state index contributed by atoms with van der Waals surface area (Å²) >= 11 is 0. The number of aliphatic hydroxyl groups excluding tert-OH is 1. The summed E-state index contributed by atoms with van der Waals surface area (Å²) in [6.07, 6.45) is 4.87. The lowest BCUT2D eigenvalue weighted by atomic mass is 9.89. The van der Waals surface area contributed by atoms with Gasteiger partial charge in [0, 0.05) is 6.54 Å². The molecule has 0 heterocycles. The largest absolute Gasteiger partial charge is 0.389 e. The number of hydrogen-bond donors (Lipinski definition) is 2. The Morgan fingerprint density at radius 3 is 2.41 bits per heavy atom. The average molecular weight is 243 g/mol. The highest BCUT2D eigenvalue weighted by Gasteiger charge is 2.19. The molecule has 0 unspecified atom stereocenters. The van der Waals surface area contributed by atoms with Crippen molar-refractivity contribution in [1.29, 1.82) is 0 Å². The van der Waals surface area contributed by atoms with E-state index in [4.69, 9.17) is 4.74 Å². The van der Waals surface area contributed by atoms with Crippen molar-refractivity contribution in [1.82, 2.24) is 5.32 Å². The fraction of sp³-hybridized carbons (Fsp3) is 1.00. The van der Waals surface area contributed by atoms with Crippen LogP contribution in [0.15, 0.2) is 0 Å². The van der Waals surface area contributed by atoms with Gasteiger partial charge in [0.1, 0.15) is 0 Å². The van der Waals surface area contributed by atoms with Crippen molar-refractivity contribution >= 4 is 0 Å². The van der Waals surface area contributed by atoms with Crippen molar-refractivity contribution in [3.05, 3.63) is 0 Å². The molecule has 0 aromatic heterocycles. The van der Waals surface area contributed by atoms with Crippen LogP contribution < -0.4 is 5.32 Å². The molecule has 0 aromatic carbocycles. The summed E-state index contributed by atoms with van der Waals surface area (Å²) in [6.45, 7) is 8.71. The molecule has 0 aliphatic heterocycles. The Bertz CT molecular complexity index is 189. The SMILES string of the molecule is CC(C)CNC[C@@H](O)COC1CCC(C)CC1. The first kappa shape index (κ1) is 14.9. The lowest BCUT2D eigenvalue weighted by molar-refractivity contribution is -0.0278. The lowest BCUT2D eigenvalue weighted by Crippen LogP contribution is -2.34. The third-order valence-corrected chi connectivity index (χ3v) is 3.42. The highest BCUT2D eigenvalue weighted by atomic mass is 16.5. The summed E-state index contributed by atoms with van der Waals surface area (Å²) in [6, 6.07) is 0. The van der Waals surface area contributed by atoms with Crippen molar-refractivity contribution in [2.24, 2.45) is 11.8 Å². The number of nitrogens with one attached hydrogen (secondary N) is 1. The normalized spacial score (nSPS) is 27.4. The van der Waals surface area contributed by atoms with E-state index in [0.29, 0.717) is 25.2 Å². The molecule has 1 rings (SSSR count). The molecule has 3 nitrogen and oxygen atoms in total. The van der Waals surface area contributed by atoms with Crippen molar-refractivity contribution < 1.29 is 9.84 Å². The molecular weight excluding hydrogens is 214 g/mol. The summed E-state index contributed by atoms with van der Waals surface area (Å²) in [5.41, 5.74) is 0. The van der Waals surface area contributed by atoms with E-state index in [0.717, 1.165) is 25.3 Å². The van der Waals surface area contributed by atoms with E-state index in [1.807, 2.05) is 0 Å². The van der Waals surface area contributed by atoms with Crippen LogP contribution in [0.4, 0.5) is 0 Å². The molecule has 0 radical (unpaired) electrons. The summed E-state index contributed by atoms with van der Waals surface area (Å²) in [5, 5.41) is 13.0. The minimum Gasteiger partial charge on any atom is -0.389 e. The number of ether oxygens (including phenoxy) is 1. The molecule has 1 aliphatic rings. The first-order valence-corrected chi connectivity index (χ1v) is 7.08. The minimum atomic E-state index is -0.367. The number of aliphatic hydroxyl groups is 1. The van der Waals surface area contributed by atoms with E-state index in [-0.39, 0.29) is 6.10 Å². The molecule has 1 fully saturated rings. The van der Waals surface area contributed by atoms with Crippen LogP contribution in [0.25, 0.3) is 0 Å². The highest BCUT2D eigenvalue weighted by Crippen LogP contribution is 2.25. The molecule has 0 amide bonds. The van der Waals surface area contributed by atoms with E-state index in [2.05, 4.69) is 26.1 Å². The van der Waals surface area contributed by atoms with Gasteiger partial charge in [-0.25, -0.2) is 0 Å². The Labute approximate surface area is 106 Å². The Hall–Kier alpha value is -0.120. The second kappa shape index (κ2) is 8.06. The van der Waals surface area contributed by atoms with Crippen LogP contribution in [-0.2, 0) is 4.74 Å². The summed E-state index contributed by atoms with van der Waals surface area (Å²) in [4.78, 5) is 0. The van der Waals surface area contributed by atoms with Gasteiger partial charge in [0.2, 0.25) is 0 Å². The maximum Gasteiger partial charge on any atom is 0.0897 e. The van der Waals surface area contributed by atoms with Crippen LogP contribution in [0.5, 0.6) is 0 Å². The van der Waals surface area contributed by atoms with Crippen LogP contribution in [-0.4, -0.2) is 37.0 Å². The first-order chi connectivity index (χ1) is 8.08. The maximum absolute atomic E-state index is 9.76. The van der Waals surface area contributed by atoms with Gasteiger partial charge in [-0.3, -0.25) is 0 Å². The van der Waals surface area contributed by atoms with Crippen molar-refractivity contribution in [2.75, 3.05) is 19.7 Å². The lowest BCUT2D eigenvalue weighted by Gasteiger charge is -2.27. The van der Waals surface area contributed by atoms with Gasteiger partial charge in [0.05, 0.1) is 18.8 Å². The molecule has 0 bridgehead atoms. The Morgan fingerprint density at radius 1 is 1.18 bits per heavy atom. The van der Waals surface area contributed by atoms with Gasteiger partial charge < -0.3 is 15.2 Å². The molecule has 102 valence electrons. The van der Waals surface area contributed by atoms with E-state index in [1.54, 1.807) is 0 Å². The van der Waals surface area contributed by atoms with Gasteiger partial charge in [-0.05, 0) is 44.1 Å². The van der Waals surface area contributed by atoms with E-state index < -0.39 is 0 Å². The molecule has 1 saturated carbocycles. The molecule has 1 aliphatic carbocycles. The molecule has 2 N–H and O–H groups in total. The van der Waals surface area contributed by atoms with E-state index in [1.165, 1.54) is 12.8 Å². The molecule has 0 saturated heterocycles. The molecule has 0 aromatic rings. The van der Waals surface area contributed by atoms with Crippen LogP contribution in [0.1, 0.15) is 46.5 Å². The van der Waals surface area contributed by atoms with Gasteiger partial charge in [0.15, 0.2) is 0 Å². The molecular formula is C14H29NO2. The smallest absolute Gasteiger partial charge is 0.0897 e. The van der Waals surface area contributed by atoms with Crippen molar-refractivity contribution in [2.45, 2.75) is 58.7 Å². The Balaban J connectivity index is 2.01. The van der Waals surface area contributed by atoms with Crippen LogP contribution in [0, 0.1) is 11.8 Å². The maximum atomic E-state index is 9.76. The zero-order chi connectivity index (χ0) is 12.7. The van der Waals surface area contributed by atoms with Gasteiger partial charge in [0.25, 0.3) is 0 Å². The highest BCUT2D eigenvalue weighted by molar-refractivity contribution is 4.71. The van der Waals surface area contributed by atoms with Crippen LogP contribution in [0.3, 0.4) is 0 Å². The second-order valence-corrected chi connectivity index (χ2v) is 5.92. The van der Waals surface area contributed by atoms with Gasteiger partial charge in [-0.15, -0.1) is 0 Å². The van der Waals surface area contributed by atoms with Gasteiger partial charge >= 0.3 is 0 Å². The van der Waals surface area contributed by atoms with E-state index in [9.17, 15) is 5.11 Å². The predicted octanol–water partition coefficient (Wildman–Crippen LogP) is 2.19. The van der Waals surface area contributed by atoms with Crippen LogP contribution in [0.2, 0.25) is 0 Å². The second-order valence-electron chi connectivity index (χ2n) is 5.92.